The highest BCUT2D eigenvalue weighted by atomic mass is 127. The van der Waals surface area contributed by atoms with Crippen LogP contribution in [0.4, 0.5) is 74.5 Å². The lowest BCUT2D eigenvalue weighted by atomic mass is 9.78. The second kappa shape index (κ2) is 39.4. The van der Waals surface area contributed by atoms with E-state index in [9.17, 15) is 48.7 Å². The molecule has 1 fully saturated rings. The van der Waals surface area contributed by atoms with Gasteiger partial charge in [-0.2, -0.15) is 54.8 Å². The number of para-hydroxylation sites is 3. The van der Waals surface area contributed by atoms with Gasteiger partial charge in [0.25, 0.3) is 0 Å². The van der Waals surface area contributed by atoms with E-state index >= 15 is 8.78 Å². The summed E-state index contributed by atoms with van der Waals surface area (Å²) in [5.41, 5.74) is 33.9. The summed E-state index contributed by atoms with van der Waals surface area (Å²) in [4.78, 5) is 18.1. The Morgan fingerprint density at radius 3 is 1.05 bits per heavy atom. The number of nitrogen functional groups attached to an aromatic ring is 2. The lowest BCUT2D eigenvalue weighted by Crippen LogP contribution is -2.41. The minimum Gasteiger partial charge on any atom is -0.399 e. The van der Waals surface area contributed by atoms with E-state index in [-0.39, 0.29) is 43.7 Å². The van der Waals surface area contributed by atoms with Crippen LogP contribution in [0, 0.1) is 41.9 Å². The molecule has 3 aromatic heterocycles. The van der Waals surface area contributed by atoms with Crippen LogP contribution in [0.15, 0.2) is 146 Å². The molecular weight excluding hydrogens is 1940 g/mol. The van der Waals surface area contributed by atoms with Gasteiger partial charge in [0.1, 0.15) is 21.2 Å². The highest BCUT2D eigenvalue weighted by molar-refractivity contribution is 14.1. The number of fused-ring (bicyclic) bond motifs is 3. The number of aromatic nitrogens is 6. The van der Waals surface area contributed by atoms with Gasteiger partial charge >= 0.3 is 31.7 Å². The smallest absolute Gasteiger partial charge is 0.399 e. The standard InChI is InChI=1S/C33H34ClF4N5O.C32H33ClF4N4.C26H29F3IN3.C12H16BClFNO2/c1-6-19-9-8-10-20(7-2)28(19)43-29(23-14-25(34)27(15-26(23)35)40-31(39)44)24-17-42(32(4,5)30(24)41-43)16-21-11-12-22(13-18(21)3)33(36,37)38;1-6-19-9-8-10-20(7-2)28(19)41-29(23-14-25(33)27(38)15-26(23)34)24-17-40(31(4,5)30(24)39-41)16-21-11-12-22(13-18(21)3)32(35,36)37;1-6-17-9-8-10-18(7-2)22(17)33-24(30)21-15-32(25(4,5)23(21)31-33)14-19-11-12-20(13-16(19)3)26(27,28)29;1-11(2)12(3,4)18-13(17-11)7-5-8(14)10(16)6-9(7)15/h8-15H,6-7,16-17H2,1-5H3,(H3,39,40,44);8-15H,6-7,16-17,38H2,1-5H3;8-13H,6-7,14-15H2,1-5H3;5-6H,16H2,1-4H3. The normalized spacial score (nSPS) is 15.9. The molecule has 33 heteroatoms. The van der Waals surface area contributed by atoms with E-state index in [0.29, 0.717) is 71.4 Å². The van der Waals surface area contributed by atoms with Gasteiger partial charge in [-0.3, -0.25) is 14.7 Å². The number of halogens is 16. The maximum absolute atomic E-state index is 16.0. The van der Waals surface area contributed by atoms with Crippen LogP contribution in [0.1, 0.15) is 228 Å². The highest BCUT2D eigenvalue weighted by Gasteiger charge is 2.54. The highest BCUT2D eigenvalue weighted by Crippen LogP contribution is 2.52. The molecule has 7 heterocycles. The predicted molar refractivity (Wildman–Crippen MR) is 525 cm³/mol. The summed E-state index contributed by atoms with van der Waals surface area (Å²) >= 11 is 21.2. The van der Waals surface area contributed by atoms with Crippen LogP contribution in [-0.4, -0.2) is 68.4 Å². The monoisotopic (exact) mass is 2050 g/mol. The summed E-state index contributed by atoms with van der Waals surface area (Å²) in [6.45, 7) is 40.6. The van der Waals surface area contributed by atoms with Gasteiger partial charge in [-0.25, -0.2) is 32.0 Å². The summed E-state index contributed by atoms with van der Waals surface area (Å²) in [6.07, 6.45) is -8.30. The summed E-state index contributed by atoms with van der Waals surface area (Å²) in [5.74, 6) is -1.60. The number of anilines is 3. The van der Waals surface area contributed by atoms with E-state index < -0.39 is 88.1 Å². The lowest BCUT2D eigenvalue weighted by molar-refractivity contribution is -0.138. The SMILES string of the molecule is CC1(C)OB(c2cc(Cl)c(N)cc2F)OC1(C)C.CCc1cccc(CC)c1-n1nc2c(c1-c1cc(Cl)c(N)cc1F)CN(Cc1ccc(C(F)(F)F)cc1C)C2(C)C.CCc1cccc(CC)c1-n1nc2c(c1-c1cc(Cl)c(NC(N)=O)cc1F)CN(Cc1ccc(C(F)(F)F)cc1C)C2(C)C.CCc1cccc(CC)c1-n1nc2c(c1I)CN(Cc1ccc(C(F)(F)F)cc1C)C2(C)C. The molecule has 0 bridgehead atoms. The first-order chi connectivity index (χ1) is 63.6. The number of primary amides is 1. The molecule has 4 aliphatic heterocycles. The molecule has 4 aliphatic rings. The molecule has 1 saturated heterocycles. The second-order valence-electron chi connectivity index (χ2n) is 37.4. The van der Waals surface area contributed by atoms with Crippen molar-refractivity contribution in [3.8, 4) is 39.6 Å². The Morgan fingerprint density at radius 2 is 0.728 bits per heavy atom. The van der Waals surface area contributed by atoms with Crippen LogP contribution in [0.3, 0.4) is 0 Å². The van der Waals surface area contributed by atoms with Crippen LogP contribution in [-0.2, 0) is 122 Å². The van der Waals surface area contributed by atoms with E-state index in [1.54, 1.807) is 37.6 Å². The number of carbonyl (C=O) groups excluding carboxylic acids is 1. The Balaban J connectivity index is 0.000000159. The Bertz CT molecular complexity index is 6500. The van der Waals surface area contributed by atoms with E-state index in [1.807, 2.05) is 84.3 Å². The van der Waals surface area contributed by atoms with E-state index in [2.05, 4.69) is 133 Å². The number of nitrogens with one attached hydrogen (secondary N) is 1. The number of aryl methyl sites for hydroxylation is 9. The number of amides is 2. The van der Waals surface area contributed by atoms with Crippen molar-refractivity contribution in [1.82, 2.24) is 44.0 Å². The van der Waals surface area contributed by atoms with E-state index in [0.717, 1.165) is 152 Å². The zero-order chi connectivity index (χ0) is 99.8. The molecule has 136 heavy (non-hydrogen) atoms. The van der Waals surface area contributed by atoms with Gasteiger partial charge in [-0.15, -0.1) is 0 Å². The third kappa shape index (κ3) is 20.3. The van der Waals surface area contributed by atoms with Crippen LogP contribution in [0.5, 0.6) is 0 Å². The van der Waals surface area contributed by atoms with Crippen molar-refractivity contribution in [2.45, 2.75) is 256 Å². The molecule has 0 atom stereocenters. The molecule has 12 aromatic rings. The van der Waals surface area contributed by atoms with Crippen LogP contribution >= 0.6 is 57.4 Å². The number of benzene rings is 9. The number of nitrogens with two attached hydrogens (primary N) is 3. The summed E-state index contributed by atoms with van der Waals surface area (Å²) < 4.78 is 183. The van der Waals surface area contributed by atoms with Gasteiger partial charge in [0.05, 0.1) is 122 Å². The van der Waals surface area contributed by atoms with Crippen molar-refractivity contribution in [2.24, 2.45) is 5.73 Å². The number of alkyl halides is 9. The van der Waals surface area contributed by atoms with E-state index in [4.69, 9.17) is 76.6 Å². The molecule has 722 valence electrons. The number of carbonyl (C=O) groups is 1. The molecule has 0 aliphatic carbocycles. The van der Waals surface area contributed by atoms with Crippen LogP contribution in [0.25, 0.3) is 39.6 Å². The number of rotatable bonds is 19. The van der Waals surface area contributed by atoms with Crippen molar-refractivity contribution >= 4 is 93.1 Å². The van der Waals surface area contributed by atoms with Crippen molar-refractivity contribution in [3.63, 3.8) is 0 Å². The largest absolute Gasteiger partial charge is 0.497 e. The van der Waals surface area contributed by atoms with Gasteiger partial charge in [0.15, 0.2) is 0 Å². The first-order valence-electron chi connectivity index (χ1n) is 45.1. The molecule has 0 radical (unpaired) electrons. The topological polar surface area (TPSA) is 189 Å². The molecule has 0 saturated carbocycles. The van der Waals surface area contributed by atoms with Crippen LogP contribution in [0.2, 0.25) is 15.1 Å². The lowest BCUT2D eigenvalue weighted by Gasteiger charge is -2.32. The Hall–Kier alpha value is -9.90. The van der Waals surface area contributed by atoms with Crippen molar-refractivity contribution in [3.05, 3.63) is 299 Å². The average Bonchev–Trinajstić information content (AvgIpc) is 1.55. The third-order valence-electron chi connectivity index (χ3n) is 27.2. The fraction of sp³-hybridized carbons (Fsp3) is 0.379. The zero-order valence-electron chi connectivity index (χ0n) is 79.4. The van der Waals surface area contributed by atoms with Gasteiger partial charge in [-0.05, 0) is 291 Å². The van der Waals surface area contributed by atoms with Crippen LogP contribution < -0.4 is 28.0 Å². The number of nitrogens with zero attached hydrogens (tertiary/aromatic N) is 9. The summed E-state index contributed by atoms with van der Waals surface area (Å²) in [5, 5.41) is 18.4. The number of hydrogen-bond donors (Lipinski definition) is 4. The van der Waals surface area contributed by atoms with Gasteiger partial charge < -0.3 is 31.8 Å². The Kier molecular flexibility index (Phi) is 30.0. The fourth-order valence-corrected chi connectivity index (χ4v) is 19.6. The maximum atomic E-state index is 16.0. The van der Waals surface area contributed by atoms with Gasteiger partial charge in [0, 0.05) is 72.5 Å². The van der Waals surface area contributed by atoms with Crippen molar-refractivity contribution in [2.75, 3.05) is 16.8 Å². The predicted octanol–water partition coefficient (Wildman–Crippen LogP) is 26.7. The Morgan fingerprint density at radius 1 is 0.426 bits per heavy atom. The number of hydrogen-bond acceptors (Lipinski definition) is 11. The summed E-state index contributed by atoms with van der Waals surface area (Å²) in [6, 6.07) is 37.5. The fourth-order valence-electron chi connectivity index (χ4n) is 18.3. The second-order valence-corrected chi connectivity index (χ2v) is 39.6. The molecule has 16 nitrogen and oxygen atoms in total. The third-order valence-corrected chi connectivity index (χ3v) is 29.3. The van der Waals surface area contributed by atoms with Crippen molar-refractivity contribution in [1.29, 1.82) is 0 Å². The van der Waals surface area contributed by atoms with Gasteiger partial charge in [-0.1, -0.05) is 149 Å². The molecule has 7 N–H and O–H groups in total. The quantitative estimate of drug-likeness (QED) is 0.0261. The minimum atomic E-state index is -4.43. The minimum absolute atomic E-state index is 0.0473. The van der Waals surface area contributed by atoms with E-state index in [1.165, 1.54) is 77.0 Å². The Labute approximate surface area is 815 Å². The van der Waals surface area contributed by atoms with Gasteiger partial charge in [0.2, 0.25) is 0 Å². The molecular formula is C103H112BCl3F12IN13O3. The molecule has 16 rings (SSSR count). The average molecular weight is 2050 g/mol. The zero-order valence-corrected chi connectivity index (χ0v) is 83.9. The summed E-state index contributed by atoms with van der Waals surface area (Å²) in [7, 11) is -0.770. The molecule has 2 amide bonds. The number of urea groups is 1. The molecule has 9 aromatic carbocycles. The molecule has 0 unspecified atom stereocenters. The maximum Gasteiger partial charge on any atom is 0.497 e. The van der Waals surface area contributed by atoms with Crippen molar-refractivity contribution < 1.29 is 66.8 Å². The first-order valence-corrected chi connectivity index (χ1v) is 47.3. The molecule has 0 spiro atoms. The first kappa shape index (κ1) is 103.